The number of rotatable bonds is 2. The molecule has 0 atom stereocenters. The molecular weight excluding hydrogens is 230 g/mol. The van der Waals surface area contributed by atoms with Crippen molar-refractivity contribution >= 4 is 22.8 Å². The molecule has 0 radical (unpaired) electrons. The summed E-state index contributed by atoms with van der Waals surface area (Å²) in [5, 5.41) is 24.8. The summed E-state index contributed by atoms with van der Waals surface area (Å²) >= 11 is 0. The van der Waals surface area contributed by atoms with Crippen LogP contribution < -0.4 is 0 Å². The zero-order valence-corrected chi connectivity index (χ0v) is 9.90. The first-order valence-electron chi connectivity index (χ1n) is 5.39. The molecule has 3 N–H and O–H groups in total. The van der Waals surface area contributed by atoms with Gasteiger partial charge in [-0.3, -0.25) is 10.4 Å². The molecule has 0 bridgehead atoms. The quantitative estimate of drug-likeness (QED) is 0.744. The van der Waals surface area contributed by atoms with E-state index in [2.05, 4.69) is 4.99 Å². The van der Waals surface area contributed by atoms with Gasteiger partial charge in [-0.15, -0.1) is 0 Å². The molecule has 0 saturated carbocycles. The van der Waals surface area contributed by atoms with Gasteiger partial charge < -0.3 is 15.3 Å². The number of aliphatic imine (C=N–C) groups is 1. The second kappa shape index (κ2) is 4.83. The number of aromatic hydroxyl groups is 1. The number of methoxy groups -OCH3 is 1. The Morgan fingerprint density at radius 2 is 1.89 bits per heavy atom. The van der Waals surface area contributed by atoms with Crippen molar-refractivity contribution in [1.29, 1.82) is 10.8 Å². The normalized spacial score (nSPS) is 17.8. The average Bonchev–Trinajstić information content (AvgIpc) is 2.36. The van der Waals surface area contributed by atoms with Gasteiger partial charge in [0, 0.05) is 12.5 Å². The van der Waals surface area contributed by atoms with Crippen LogP contribution in [0.2, 0.25) is 0 Å². The SMILES string of the molecule is COC1=CC(=N)C(=Nc2ccc(O)cc2)CC1=N. The molecule has 5 heteroatoms. The fraction of sp³-hybridized carbons (Fsp3) is 0.154. The van der Waals surface area contributed by atoms with Crippen LogP contribution in [0.3, 0.4) is 0 Å². The zero-order valence-electron chi connectivity index (χ0n) is 9.90. The van der Waals surface area contributed by atoms with E-state index in [-0.39, 0.29) is 17.9 Å². The van der Waals surface area contributed by atoms with Crippen LogP contribution >= 0.6 is 0 Å². The predicted molar refractivity (Wildman–Crippen MR) is 70.4 cm³/mol. The Labute approximate surface area is 104 Å². The minimum absolute atomic E-state index is 0.173. The second-order valence-electron chi connectivity index (χ2n) is 3.86. The predicted octanol–water partition coefficient (Wildman–Crippen LogP) is 2.44. The number of hydrogen-bond acceptors (Lipinski definition) is 5. The maximum atomic E-state index is 9.17. The third-order valence-electron chi connectivity index (χ3n) is 2.56. The van der Waals surface area contributed by atoms with Gasteiger partial charge in [0.25, 0.3) is 0 Å². The van der Waals surface area contributed by atoms with Crippen LogP contribution in [0.1, 0.15) is 6.42 Å². The molecule has 1 aromatic carbocycles. The van der Waals surface area contributed by atoms with Crippen LogP contribution in [-0.2, 0) is 4.74 Å². The van der Waals surface area contributed by atoms with E-state index in [1.165, 1.54) is 25.3 Å². The molecule has 0 fully saturated rings. The summed E-state index contributed by atoms with van der Waals surface area (Å²) in [6.45, 7) is 0. The number of hydrogen-bond donors (Lipinski definition) is 3. The van der Waals surface area contributed by atoms with E-state index in [0.717, 1.165) is 0 Å². The van der Waals surface area contributed by atoms with E-state index in [1.807, 2.05) is 0 Å². The third kappa shape index (κ3) is 2.45. The molecule has 5 nitrogen and oxygen atoms in total. The monoisotopic (exact) mass is 243 g/mol. The third-order valence-corrected chi connectivity index (χ3v) is 2.56. The first-order chi connectivity index (χ1) is 8.60. The largest absolute Gasteiger partial charge is 0.508 e. The van der Waals surface area contributed by atoms with Crippen molar-refractivity contribution in [3.8, 4) is 5.75 Å². The van der Waals surface area contributed by atoms with E-state index < -0.39 is 0 Å². The lowest BCUT2D eigenvalue weighted by Crippen LogP contribution is -2.23. The van der Waals surface area contributed by atoms with Crippen LogP contribution in [-0.4, -0.2) is 29.4 Å². The lowest BCUT2D eigenvalue weighted by atomic mass is 10.00. The van der Waals surface area contributed by atoms with E-state index >= 15 is 0 Å². The molecule has 92 valence electrons. The van der Waals surface area contributed by atoms with Gasteiger partial charge in [-0.05, 0) is 24.3 Å². The summed E-state index contributed by atoms with van der Waals surface area (Å²) in [5.41, 5.74) is 1.73. The number of nitrogens with one attached hydrogen (secondary N) is 2. The van der Waals surface area contributed by atoms with Gasteiger partial charge >= 0.3 is 0 Å². The summed E-state index contributed by atoms with van der Waals surface area (Å²) in [5.74, 6) is 0.580. The van der Waals surface area contributed by atoms with Gasteiger partial charge in [0.15, 0.2) is 0 Å². The zero-order chi connectivity index (χ0) is 13.1. The van der Waals surface area contributed by atoms with Gasteiger partial charge in [0.2, 0.25) is 0 Å². The van der Waals surface area contributed by atoms with Crippen molar-refractivity contribution in [3.05, 3.63) is 36.1 Å². The van der Waals surface area contributed by atoms with Crippen molar-refractivity contribution < 1.29 is 9.84 Å². The molecule has 0 unspecified atom stereocenters. The second-order valence-corrected chi connectivity index (χ2v) is 3.86. The minimum Gasteiger partial charge on any atom is -0.508 e. The maximum Gasteiger partial charge on any atom is 0.142 e. The van der Waals surface area contributed by atoms with E-state index in [1.54, 1.807) is 12.1 Å². The van der Waals surface area contributed by atoms with Crippen molar-refractivity contribution in [2.45, 2.75) is 6.42 Å². The highest BCUT2D eigenvalue weighted by molar-refractivity contribution is 6.51. The number of nitrogens with zero attached hydrogens (tertiary/aromatic N) is 1. The highest BCUT2D eigenvalue weighted by atomic mass is 16.5. The van der Waals surface area contributed by atoms with Gasteiger partial charge in [-0.1, -0.05) is 0 Å². The van der Waals surface area contributed by atoms with Gasteiger partial charge in [-0.2, -0.15) is 0 Å². The summed E-state index contributed by atoms with van der Waals surface area (Å²) in [4.78, 5) is 4.30. The number of ether oxygens (including phenoxy) is 1. The van der Waals surface area contributed by atoms with Gasteiger partial charge in [-0.25, -0.2) is 0 Å². The summed E-state index contributed by atoms with van der Waals surface area (Å²) in [7, 11) is 1.48. The molecule has 0 aromatic heterocycles. The fourth-order valence-corrected chi connectivity index (χ4v) is 1.62. The van der Waals surface area contributed by atoms with Crippen molar-refractivity contribution in [3.63, 3.8) is 0 Å². The topological polar surface area (TPSA) is 89.5 Å². The molecule has 0 aliphatic heterocycles. The highest BCUT2D eigenvalue weighted by Gasteiger charge is 2.19. The Hall–Kier alpha value is -2.43. The van der Waals surface area contributed by atoms with E-state index in [4.69, 9.17) is 15.6 Å². The summed E-state index contributed by atoms with van der Waals surface area (Å²) in [6, 6.07) is 6.39. The van der Waals surface area contributed by atoms with Crippen molar-refractivity contribution in [2.24, 2.45) is 4.99 Å². The van der Waals surface area contributed by atoms with Crippen LogP contribution in [0.5, 0.6) is 5.75 Å². The molecular formula is C13H13N3O2. The molecule has 0 spiro atoms. The van der Waals surface area contributed by atoms with Crippen molar-refractivity contribution in [2.75, 3.05) is 7.11 Å². The Morgan fingerprint density at radius 3 is 2.50 bits per heavy atom. The van der Waals surface area contributed by atoms with Gasteiger partial charge in [0.05, 0.1) is 29.9 Å². The first-order valence-corrected chi connectivity index (χ1v) is 5.39. The highest BCUT2D eigenvalue weighted by Crippen LogP contribution is 2.19. The summed E-state index contributed by atoms with van der Waals surface area (Å²) < 4.78 is 5.00. The van der Waals surface area contributed by atoms with Crippen LogP contribution in [0.4, 0.5) is 5.69 Å². The Kier molecular flexibility index (Phi) is 3.23. The van der Waals surface area contributed by atoms with Gasteiger partial charge in [0.1, 0.15) is 11.5 Å². The lowest BCUT2D eigenvalue weighted by molar-refractivity contribution is 0.314. The molecule has 18 heavy (non-hydrogen) atoms. The molecule has 1 aromatic rings. The smallest absolute Gasteiger partial charge is 0.142 e. The lowest BCUT2D eigenvalue weighted by Gasteiger charge is -2.15. The molecule has 0 heterocycles. The van der Waals surface area contributed by atoms with Crippen LogP contribution in [0.15, 0.2) is 41.1 Å². The standard InChI is InChI=1S/C13H13N3O2/c1-18-13-7-10(14)12(6-11(13)15)16-8-2-4-9(17)5-3-8/h2-5,7,14-15,17H,6H2,1H3. The Morgan fingerprint density at radius 1 is 1.22 bits per heavy atom. The number of phenolic OH excluding ortho intramolecular Hbond substituents is 1. The minimum atomic E-state index is 0.173. The van der Waals surface area contributed by atoms with E-state index in [0.29, 0.717) is 22.9 Å². The van der Waals surface area contributed by atoms with Crippen molar-refractivity contribution in [1.82, 2.24) is 0 Å². The molecule has 2 rings (SSSR count). The Balaban J connectivity index is 2.30. The molecule has 0 amide bonds. The van der Waals surface area contributed by atoms with Crippen LogP contribution in [0, 0.1) is 10.8 Å². The number of benzene rings is 1. The van der Waals surface area contributed by atoms with E-state index in [9.17, 15) is 5.11 Å². The molecule has 0 saturated heterocycles. The first kappa shape index (κ1) is 12.0. The number of phenols is 1. The maximum absolute atomic E-state index is 9.17. The molecule has 1 aliphatic rings. The Bertz CT molecular complexity index is 556. The number of allylic oxidation sites excluding steroid dienone is 2. The molecule has 1 aliphatic carbocycles. The summed E-state index contributed by atoms with van der Waals surface area (Å²) in [6.07, 6.45) is 1.77. The average molecular weight is 243 g/mol. The fourth-order valence-electron chi connectivity index (χ4n) is 1.62. The van der Waals surface area contributed by atoms with Crippen LogP contribution in [0.25, 0.3) is 0 Å².